The summed E-state index contributed by atoms with van der Waals surface area (Å²) in [6, 6.07) is 6.06. The molecule has 0 saturated heterocycles. The van der Waals surface area contributed by atoms with E-state index in [9.17, 15) is 27.5 Å². The summed E-state index contributed by atoms with van der Waals surface area (Å²) < 4.78 is 53.6. The molecular weight excluding hydrogens is 426 g/mol. The molecule has 1 heterocycles. The van der Waals surface area contributed by atoms with Gasteiger partial charge < -0.3 is 10.0 Å². The summed E-state index contributed by atoms with van der Waals surface area (Å²) in [5.74, 6) is -1.31. The Balaban J connectivity index is 1.59. The number of nitrogens with zero attached hydrogens (tertiary/aromatic N) is 3. The van der Waals surface area contributed by atoms with Gasteiger partial charge in [-0.25, -0.2) is 9.07 Å². The summed E-state index contributed by atoms with van der Waals surface area (Å²) in [5.41, 5.74) is 4.76. The Morgan fingerprint density at radius 3 is 2.62 bits per heavy atom. The summed E-state index contributed by atoms with van der Waals surface area (Å²) >= 11 is 0. The SMILES string of the molecule is CCN(CC(O)C(F)(F)F)C(=O)[C@@H]1CCC2=C1[C@@H](C)c1cnn(-c3ccc(F)cc3)c1C2. The molecule has 172 valence electrons. The molecule has 1 aromatic heterocycles. The fourth-order valence-electron chi connectivity index (χ4n) is 4.93. The highest BCUT2D eigenvalue weighted by Gasteiger charge is 2.43. The van der Waals surface area contributed by atoms with E-state index in [1.807, 2.05) is 6.92 Å². The fourth-order valence-corrected chi connectivity index (χ4v) is 4.93. The molecule has 0 saturated carbocycles. The number of fused-ring (bicyclic) bond motifs is 1. The molecule has 3 atom stereocenters. The van der Waals surface area contributed by atoms with Crippen LogP contribution >= 0.6 is 0 Å². The molecule has 0 bridgehead atoms. The van der Waals surface area contributed by atoms with E-state index in [2.05, 4.69) is 5.10 Å². The van der Waals surface area contributed by atoms with Crippen LogP contribution in [0.1, 0.15) is 43.9 Å². The van der Waals surface area contributed by atoms with E-state index < -0.39 is 24.7 Å². The van der Waals surface area contributed by atoms with Crippen LogP contribution in [0.25, 0.3) is 5.69 Å². The highest BCUT2D eigenvalue weighted by Crippen LogP contribution is 2.47. The van der Waals surface area contributed by atoms with Gasteiger partial charge in [-0.05, 0) is 44.0 Å². The average Bonchev–Trinajstić information content (AvgIpc) is 3.36. The number of aromatic nitrogens is 2. The van der Waals surface area contributed by atoms with E-state index in [1.165, 1.54) is 12.1 Å². The number of carbonyl (C=O) groups excluding carboxylic acids is 1. The summed E-state index contributed by atoms with van der Waals surface area (Å²) in [6.45, 7) is 2.92. The Morgan fingerprint density at radius 2 is 2.00 bits per heavy atom. The third-order valence-corrected chi connectivity index (χ3v) is 6.57. The molecule has 0 aliphatic heterocycles. The Morgan fingerprint density at radius 1 is 1.31 bits per heavy atom. The van der Waals surface area contributed by atoms with Crippen molar-refractivity contribution in [1.82, 2.24) is 14.7 Å². The smallest absolute Gasteiger partial charge is 0.382 e. The molecule has 1 N–H and O–H groups in total. The second-order valence-corrected chi connectivity index (χ2v) is 8.42. The standard InChI is InChI=1S/C23H25F4N3O2/c1-3-29(12-20(31)23(25,26)27)22(32)17-9-4-14-10-19-18(13(2)21(14)17)11-28-30(19)16-7-5-15(24)6-8-16/h5-8,11,13,17,20,31H,3-4,9-10,12H2,1-2H3/t13-,17+,20?/m0/s1. The average molecular weight is 451 g/mol. The molecule has 1 amide bonds. The number of allylic oxidation sites excluding steroid dienone is 1. The van der Waals surface area contributed by atoms with Crippen molar-refractivity contribution >= 4 is 5.91 Å². The highest BCUT2D eigenvalue weighted by molar-refractivity contribution is 5.83. The van der Waals surface area contributed by atoms with Crippen LogP contribution in [0.5, 0.6) is 0 Å². The lowest BCUT2D eigenvalue weighted by atomic mass is 9.79. The zero-order valence-corrected chi connectivity index (χ0v) is 17.9. The van der Waals surface area contributed by atoms with Crippen LogP contribution in [0.4, 0.5) is 17.6 Å². The van der Waals surface area contributed by atoms with E-state index >= 15 is 0 Å². The second kappa shape index (κ2) is 8.35. The maximum atomic E-state index is 13.3. The largest absolute Gasteiger partial charge is 0.416 e. The minimum atomic E-state index is -4.77. The molecular formula is C23H25F4N3O2. The zero-order valence-electron chi connectivity index (χ0n) is 17.9. The van der Waals surface area contributed by atoms with Gasteiger partial charge >= 0.3 is 6.18 Å². The number of hydrogen-bond donors (Lipinski definition) is 1. The number of alkyl halides is 3. The van der Waals surface area contributed by atoms with Gasteiger partial charge in [0.1, 0.15) is 5.82 Å². The molecule has 0 spiro atoms. The van der Waals surface area contributed by atoms with E-state index in [1.54, 1.807) is 29.9 Å². The van der Waals surface area contributed by atoms with E-state index in [0.717, 1.165) is 33.0 Å². The molecule has 1 unspecified atom stereocenters. The van der Waals surface area contributed by atoms with Crippen molar-refractivity contribution in [1.29, 1.82) is 0 Å². The van der Waals surface area contributed by atoms with Gasteiger partial charge in [0.05, 0.1) is 30.0 Å². The summed E-state index contributed by atoms with van der Waals surface area (Å²) in [6.07, 6.45) is -3.77. The lowest BCUT2D eigenvalue weighted by molar-refractivity contribution is -0.208. The normalized spacial score (nSPS) is 21.3. The number of carbonyl (C=O) groups is 1. The van der Waals surface area contributed by atoms with E-state index in [-0.39, 0.29) is 24.2 Å². The Labute approximate surface area is 183 Å². The number of amides is 1. The van der Waals surface area contributed by atoms with Crippen LogP contribution in [0.2, 0.25) is 0 Å². The van der Waals surface area contributed by atoms with Crippen molar-refractivity contribution < 1.29 is 27.5 Å². The van der Waals surface area contributed by atoms with Crippen molar-refractivity contribution in [3.05, 3.63) is 58.7 Å². The van der Waals surface area contributed by atoms with E-state index in [4.69, 9.17) is 0 Å². The summed E-state index contributed by atoms with van der Waals surface area (Å²) in [7, 11) is 0. The molecule has 0 radical (unpaired) electrons. The van der Waals surface area contributed by atoms with Crippen molar-refractivity contribution in [2.45, 2.75) is 51.3 Å². The topological polar surface area (TPSA) is 58.4 Å². The van der Waals surface area contributed by atoms with Gasteiger partial charge in [0.15, 0.2) is 6.10 Å². The predicted molar refractivity (Wildman–Crippen MR) is 110 cm³/mol. The number of aliphatic hydroxyl groups excluding tert-OH is 1. The van der Waals surface area contributed by atoms with Crippen LogP contribution in [0.15, 0.2) is 41.6 Å². The van der Waals surface area contributed by atoms with Crippen LogP contribution in [0.3, 0.4) is 0 Å². The maximum absolute atomic E-state index is 13.3. The van der Waals surface area contributed by atoms with Gasteiger partial charge in [0, 0.05) is 24.4 Å². The maximum Gasteiger partial charge on any atom is 0.416 e. The van der Waals surface area contributed by atoms with Crippen LogP contribution in [-0.2, 0) is 11.2 Å². The quantitative estimate of drug-likeness (QED) is 0.549. The number of benzene rings is 1. The minimum Gasteiger partial charge on any atom is -0.382 e. The van der Waals surface area contributed by atoms with Gasteiger partial charge in [-0.2, -0.15) is 18.3 Å². The van der Waals surface area contributed by atoms with Gasteiger partial charge in [-0.3, -0.25) is 4.79 Å². The number of aliphatic hydroxyl groups is 1. The number of rotatable bonds is 5. The molecule has 0 fully saturated rings. The van der Waals surface area contributed by atoms with Gasteiger partial charge in [0.25, 0.3) is 0 Å². The van der Waals surface area contributed by atoms with Gasteiger partial charge in [0.2, 0.25) is 5.91 Å². The molecule has 4 rings (SSSR count). The van der Waals surface area contributed by atoms with Crippen LogP contribution < -0.4 is 0 Å². The molecule has 2 aromatic rings. The molecule has 5 nitrogen and oxygen atoms in total. The van der Waals surface area contributed by atoms with Crippen molar-refractivity contribution in [2.75, 3.05) is 13.1 Å². The van der Waals surface area contributed by atoms with Crippen molar-refractivity contribution in [3.8, 4) is 5.69 Å². The lowest BCUT2D eigenvalue weighted by Crippen LogP contribution is -2.46. The molecule has 1 aromatic carbocycles. The highest BCUT2D eigenvalue weighted by atomic mass is 19.4. The molecule has 2 aliphatic carbocycles. The van der Waals surface area contributed by atoms with Crippen LogP contribution in [0, 0.1) is 11.7 Å². The molecule has 2 aliphatic rings. The minimum absolute atomic E-state index is 0.0905. The Hall–Kier alpha value is -2.68. The van der Waals surface area contributed by atoms with E-state index in [0.29, 0.717) is 19.3 Å². The third kappa shape index (κ3) is 3.94. The van der Waals surface area contributed by atoms with Crippen molar-refractivity contribution in [2.24, 2.45) is 5.92 Å². The first kappa shape index (κ1) is 22.5. The first-order valence-corrected chi connectivity index (χ1v) is 10.7. The number of halogens is 4. The third-order valence-electron chi connectivity index (χ3n) is 6.57. The second-order valence-electron chi connectivity index (χ2n) is 8.42. The number of likely N-dealkylation sites (N-methyl/N-ethyl adjacent to an activating group) is 1. The summed E-state index contributed by atoms with van der Waals surface area (Å²) in [5, 5.41) is 13.9. The summed E-state index contributed by atoms with van der Waals surface area (Å²) in [4.78, 5) is 14.3. The zero-order chi connectivity index (χ0) is 23.2. The fraction of sp³-hybridized carbons (Fsp3) is 0.478. The Bertz CT molecular complexity index is 1040. The van der Waals surface area contributed by atoms with Crippen molar-refractivity contribution in [3.63, 3.8) is 0 Å². The molecule has 9 heteroatoms. The monoisotopic (exact) mass is 451 g/mol. The lowest BCUT2D eigenvalue weighted by Gasteiger charge is -2.31. The van der Waals surface area contributed by atoms with Gasteiger partial charge in [-0.15, -0.1) is 0 Å². The molecule has 32 heavy (non-hydrogen) atoms. The first-order valence-electron chi connectivity index (χ1n) is 10.7. The number of hydrogen-bond acceptors (Lipinski definition) is 3. The Kier molecular flexibility index (Phi) is 5.87. The van der Waals surface area contributed by atoms with Crippen LogP contribution in [-0.4, -0.2) is 51.1 Å². The first-order chi connectivity index (χ1) is 15.1. The predicted octanol–water partition coefficient (Wildman–Crippen LogP) is 4.15. The van der Waals surface area contributed by atoms with Gasteiger partial charge in [-0.1, -0.05) is 18.1 Å².